The molecule has 0 bridgehead atoms. The topological polar surface area (TPSA) is 55.1 Å². The van der Waals surface area contributed by atoms with E-state index in [-0.39, 0.29) is 5.91 Å². The second-order valence-electron chi connectivity index (χ2n) is 5.54. The van der Waals surface area contributed by atoms with E-state index in [2.05, 4.69) is 10.5 Å². The largest absolute Gasteiger partial charge is 0.360 e. The van der Waals surface area contributed by atoms with Gasteiger partial charge in [-0.3, -0.25) is 4.79 Å². The standard InChI is InChI=1S/C15H24N2O2S/c1-12-9-14(19-17-12)10-20-11-15(18)16-13-7-5-3-2-4-6-8-13/h9,13H,2-8,10-11H2,1H3,(H,16,18). The van der Waals surface area contributed by atoms with Crippen molar-refractivity contribution in [2.75, 3.05) is 5.75 Å². The molecule has 1 N–H and O–H groups in total. The first kappa shape index (κ1) is 15.4. The lowest BCUT2D eigenvalue weighted by molar-refractivity contribution is -0.119. The van der Waals surface area contributed by atoms with Crippen molar-refractivity contribution >= 4 is 17.7 Å². The quantitative estimate of drug-likeness (QED) is 0.904. The molecule has 0 spiro atoms. The number of aryl methyl sites for hydroxylation is 1. The van der Waals surface area contributed by atoms with Gasteiger partial charge in [-0.05, 0) is 19.8 Å². The number of amides is 1. The Morgan fingerprint density at radius 2 is 2.05 bits per heavy atom. The number of hydrogen-bond acceptors (Lipinski definition) is 4. The molecule has 1 heterocycles. The number of carbonyl (C=O) groups excluding carboxylic acids is 1. The number of carbonyl (C=O) groups is 1. The predicted molar refractivity (Wildman–Crippen MR) is 81.7 cm³/mol. The van der Waals surface area contributed by atoms with Crippen molar-refractivity contribution in [3.8, 4) is 0 Å². The lowest BCUT2D eigenvalue weighted by Crippen LogP contribution is -2.36. The van der Waals surface area contributed by atoms with Crippen molar-refractivity contribution in [1.82, 2.24) is 10.5 Å². The molecule has 1 aliphatic rings. The highest BCUT2D eigenvalue weighted by atomic mass is 32.2. The van der Waals surface area contributed by atoms with Crippen LogP contribution >= 0.6 is 11.8 Å². The number of thioether (sulfide) groups is 1. The van der Waals surface area contributed by atoms with Gasteiger partial charge < -0.3 is 9.84 Å². The van der Waals surface area contributed by atoms with E-state index in [4.69, 9.17) is 4.52 Å². The highest BCUT2D eigenvalue weighted by Gasteiger charge is 2.14. The van der Waals surface area contributed by atoms with Crippen LogP contribution in [0.2, 0.25) is 0 Å². The average molecular weight is 296 g/mol. The smallest absolute Gasteiger partial charge is 0.230 e. The average Bonchev–Trinajstić information content (AvgIpc) is 2.78. The van der Waals surface area contributed by atoms with Crippen LogP contribution in [0, 0.1) is 6.92 Å². The predicted octanol–water partition coefficient (Wildman–Crippen LogP) is 3.45. The third-order valence-corrected chi connectivity index (χ3v) is 4.58. The number of nitrogens with one attached hydrogen (secondary N) is 1. The molecule has 20 heavy (non-hydrogen) atoms. The van der Waals surface area contributed by atoms with Crippen LogP contribution in [0.4, 0.5) is 0 Å². The fraction of sp³-hybridized carbons (Fsp3) is 0.733. The number of nitrogens with zero attached hydrogens (tertiary/aromatic N) is 1. The summed E-state index contributed by atoms with van der Waals surface area (Å²) in [5.74, 6) is 2.19. The molecule has 1 aliphatic carbocycles. The van der Waals surface area contributed by atoms with Gasteiger partial charge in [-0.1, -0.05) is 37.3 Å². The van der Waals surface area contributed by atoms with Crippen molar-refractivity contribution in [3.63, 3.8) is 0 Å². The summed E-state index contributed by atoms with van der Waals surface area (Å²) < 4.78 is 5.12. The molecule has 112 valence electrons. The van der Waals surface area contributed by atoms with E-state index in [1.807, 2.05) is 13.0 Å². The molecule has 0 unspecified atom stereocenters. The normalized spacial score (nSPS) is 17.4. The molecule has 1 aromatic heterocycles. The summed E-state index contributed by atoms with van der Waals surface area (Å²) in [5.41, 5.74) is 0.888. The summed E-state index contributed by atoms with van der Waals surface area (Å²) in [6, 6.07) is 2.30. The van der Waals surface area contributed by atoms with Gasteiger partial charge in [-0.25, -0.2) is 0 Å². The van der Waals surface area contributed by atoms with Crippen LogP contribution in [-0.2, 0) is 10.5 Å². The summed E-state index contributed by atoms with van der Waals surface area (Å²) in [5, 5.41) is 7.01. The van der Waals surface area contributed by atoms with E-state index in [9.17, 15) is 4.79 Å². The Bertz CT molecular complexity index is 412. The van der Waals surface area contributed by atoms with E-state index in [1.165, 1.54) is 32.1 Å². The molecule has 0 saturated heterocycles. The van der Waals surface area contributed by atoms with E-state index in [0.29, 0.717) is 17.5 Å². The lowest BCUT2D eigenvalue weighted by Gasteiger charge is -2.20. The minimum atomic E-state index is 0.150. The van der Waals surface area contributed by atoms with Crippen molar-refractivity contribution < 1.29 is 9.32 Å². The van der Waals surface area contributed by atoms with Gasteiger partial charge in [0.05, 0.1) is 17.2 Å². The van der Waals surface area contributed by atoms with Gasteiger partial charge >= 0.3 is 0 Å². The Balaban J connectivity index is 1.63. The van der Waals surface area contributed by atoms with Gasteiger partial charge in [0.1, 0.15) is 5.76 Å². The van der Waals surface area contributed by atoms with Crippen LogP contribution in [0.15, 0.2) is 10.6 Å². The van der Waals surface area contributed by atoms with Gasteiger partial charge in [0.2, 0.25) is 5.91 Å². The Kier molecular flexibility index (Phi) is 6.43. The fourth-order valence-electron chi connectivity index (χ4n) is 2.60. The zero-order valence-corrected chi connectivity index (χ0v) is 13.0. The Labute approximate surface area is 125 Å². The molecule has 4 nitrogen and oxygen atoms in total. The molecule has 1 saturated carbocycles. The zero-order valence-electron chi connectivity index (χ0n) is 12.2. The molecule has 2 rings (SSSR count). The van der Waals surface area contributed by atoms with Crippen molar-refractivity contribution in [3.05, 3.63) is 17.5 Å². The van der Waals surface area contributed by atoms with Crippen LogP contribution in [0.5, 0.6) is 0 Å². The number of rotatable bonds is 5. The van der Waals surface area contributed by atoms with E-state index in [0.717, 1.165) is 24.3 Å². The van der Waals surface area contributed by atoms with E-state index >= 15 is 0 Å². The van der Waals surface area contributed by atoms with Crippen molar-refractivity contribution in [2.45, 2.75) is 63.7 Å². The molecule has 1 amide bonds. The maximum Gasteiger partial charge on any atom is 0.230 e. The summed E-state index contributed by atoms with van der Waals surface area (Å²) in [7, 11) is 0. The van der Waals surface area contributed by atoms with Crippen molar-refractivity contribution in [1.29, 1.82) is 0 Å². The summed E-state index contributed by atoms with van der Waals surface area (Å²) in [4.78, 5) is 11.9. The molecule has 5 heteroatoms. The lowest BCUT2D eigenvalue weighted by atomic mass is 9.97. The second-order valence-corrected chi connectivity index (χ2v) is 6.52. The maximum absolute atomic E-state index is 11.9. The molecule has 1 aromatic rings. The Hall–Kier alpha value is -0.970. The maximum atomic E-state index is 11.9. The first-order valence-corrected chi connectivity index (χ1v) is 8.69. The minimum absolute atomic E-state index is 0.150. The molecule has 1 fully saturated rings. The van der Waals surface area contributed by atoms with Gasteiger partial charge in [0, 0.05) is 12.1 Å². The fourth-order valence-corrected chi connectivity index (χ4v) is 3.31. The SMILES string of the molecule is Cc1cc(CSCC(=O)NC2CCCCCCC2)on1. The van der Waals surface area contributed by atoms with Crippen LogP contribution in [-0.4, -0.2) is 22.9 Å². The summed E-state index contributed by atoms with van der Waals surface area (Å²) >= 11 is 1.58. The molecule has 0 radical (unpaired) electrons. The van der Waals surface area contributed by atoms with Gasteiger partial charge in [0.15, 0.2) is 0 Å². The Morgan fingerprint density at radius 3 is 2.70 bits per heavy atom. The third-order valence-electron chi connectivity index (χ3n) is 3.62. The van der Waals surface area contributed by atoms with Gasteiger partial charge in [-0.15, -0.1) is 11.8 Å². The second kappa shape index (κ2) is 8.35. The molecular formula is C15H24N2O2S. The van der Waals surface area contributed by atoms with Crippen LogP contribution in [0.25, 0.3) is 0 Å². The Morgan fingerprint density at radius 1 is 1.35 bits per heavy atom. The molecule has 0 aromatic carbocycles. The molecular weight excluding hydrogens is 272 g/mol. The van der Waals surface area contributed by atoms with Crippen molar-refractivity contribution in [2.24, 2.45) is 0 Å². The monoisotopic (exact) mass is 296 g/mol. The molecule has 0 aliphatic heterocycles. The van der Waals surface area contributed by atoms with Crippen LogP contribution < -0.4 is 5.32 Å². The highest BCUT2D eigenvalue weighted by molar-refractivity contribution is 7.99. The molecule has 0 atom stereocenters. The minimum Gasteiger partial charge on any atom is -0.360 e. The number of aromatic nitrogens is 1. The van der Waals surface area contributed by atoms with Crippen LogP contribution in [0.1, 0.15) is 56.4 Å². The first-order valence-electron chi connectivity index (χ1n) is 7.53. The first-order chi connectivity index (χ1) is 9.74. The van der Waals surface area contributed by atoms with Gasteiger partial charge in [0.25, 0.3) is 0 Å². The summed E-state index contributed by atoms with van der Waals surface area (Å²) in [6.45, 7) is 1.90. The third kappa shape index (κ3) is 5.57. The zero-order chi connectivity index (χ0) is 14.2. The highest BCUT2D eigenvalue weighted by Crippen LogP contribution is 2.18. The van der Waals surface area contributed by atoms with Crippen LogP contribution in [0.3, 0.4) is 0 Å². The number of hydrogen-bond donors (Lipinski definition) is 1. The van der Waals surface area contributed by atoms with E-state index < -0.39 is 0 Å². The van der Waals surface area contributed by atoms with E-state index in [1.54, 1.807) is 11.8 Å². The van der Waals surface area contributed by atoms with Gasteiger partial charge in [-0.2, -0.15) is 0 Å². The summed E-state index contributed by atoms with van der Waals surface area (Å²) in [6.07, 6.45) is 8.74.